The van der Waals surface area contributed by atoms with Gasteiger partial charge in [0.1, 0.15) is 64.7 Å². The van der Waals surface area contributed by atoms with E-state index in [2.05, 4.69) is 15.0 Å². The minimum atomic E-state index is -5.41. The minimum absolute atomic E-state index is 0.0147. The molecule has 58 heavy (non-hydrogen) atoms. The summed E-state index contributed by atoms with van der Waals surface area (Å²) in [5.74, 6) is -4.27. The fourth-order valence-corrected chi connectivity index (χ4v) is 9.64. The van der Waals surface area contributed by atoms with Crippen molar-refractivity contribution in [3.63, 3.8) is 0 Å². The van der Waals surface area contributed by atoms with E-state index in [0.717, 1.165) is 18.3 Å². The average Bonchev–Trinajstić information content (AvgIpc) is 3.75. The van der Waals surface area contributed by atoms with Crippen LogP contribution in [-0.2, 0) is 6.18 Å². The predicted octanol–water partition coefficient (Wildman–Crippen LogP) is 9.13. The summed E-state index contributed by atoms with van der Waals surface area (Å²) >= 11 is 6.81. The summed E-state index contributed by atoms with van der Waals surface area (Å²) in [5, 5.41) is 8.64. The van der Waals surface area contributed by atoms with Gasteiger partial charge in [0.15, 0.2) is 5.82 Å². The van der Waals surface area contributed by atoms with Gasteiger partial charge in [-0.15, -0.1) is 11.3 Å². The molecule has 0 bridgehead atoms. The number of ether oxygens (including phenoxy) is 2. The monoisotopic (exact) mass is 856 g/mol. The van der Waals surface area contributed by atoms with Crippen molar-refractivity contribution in [1.29, 1.82) is 5.26 Å². The lowest BCUT2D eigenvalue weighted by Gasteiger charge is -2.34. The molecule has 3 atom stereocenters. The third kappa shape index (κ3) is 6.79. The van der Waals surface area contributed by atoms with Crippen LogP contribution in [0.2, 0.25) is 5.02 Å². The van der Waals surface area contributed by atoms with E-state index in [1.807, 2.05) is 4.90 Å². The second-order valence-corrected chi connectivity index (χ2v) is 15.9. The maximum atomic E-state index is 17.5. The molecule has 2 fully saturated rings. The Morgan fingerprint density at radius 2 is 1.90 bits per heavy atom. The summed E-state index contributed by atoms with van der Waals surface area (Å²) in [6, 6.07) is 2.70. The zero-order chi connectivity index (χ0) is 41.5. The van der Waals surface area contributed by atoms with Gasteiger partial charge < -0.3 is 25.8 Å². The first-order valence-corrected chi connectivity index (χ1v) is 19.0. The number of thiophene rings is 1. The minimum Gasteiger partial charge on any atom is -0.490 e. The van der Waals surface area contributed by atoms with E-state index in [4.69, 9.17) is 32.5 Å². The van der Waals surface area contributed by atoms with Crippen LogP contribution in [0.4, 0.5) is 56.2 Å². The van der Waals surface area contributed by atoms with E-state index in [1.165, 1.54) is 11.0 Å². The smallest absolute Gasteiger partial charge is 0.420 e. The molecule has 6 heterocycles. The van der Waals surface area contributed by atoms with Crippen LogP contribution in [0, 0.1) is 23.0 Å². The number of benzene rings is 2. The molecule has 0 saturated carbocycles. The molecule has 3 aliphatic heterocycles. The van der Waals surface area contributed by atoms with Crippen LogP contribution in [0.15, 0.2) is 24.4 Å². The standard InChI is InChI=1S/C37H30ClF9N8O2S/c38-16-10-19(31(49)51-13-16)22(4-6-36(42,43)44)55-8-9-56-29-25-28(52-34(53-33(25)55)57-15-35-5-1-7-54(35)14-17(39)11-35)27(41)24(26(29)37(45,46)47)18-2-3-21(40)30-23(18)20(12-48)32(50)58-30/h2-3,10,13,17,22H,1,4-9,11,14-15,50H2,(H2,49,51)/t17-,22-,35+/m1/s1. The van der Waals surface area contributed by atoms with Crippen LogP contribution in [0.5, 0.6) is 11.8 Å². The number of nitrogens with two attached hydrogens (primary N) is 2. The van der Waals surface area contributed by atoms with E-state index < -0.39 is 118 Å². The summed E-state index contributed by atoms with van der Waals surface area (Å²) in [6.07, 6.45) is -10.9. The number of nitrogen functional groups attached to an aromatic ring is 2. The molecule has 306 valence electrons. The summed E-state index contributed by atoms with van der Waals surface area (Å²) < 4.78 is 147. The maximum absolute atomic E-state index is 17.5. The second-order valence-electron chi connectivity index (χ2n) is 14.4. The van der Waals surface area contributed by atoms with Crippen LogP contribution in [-0.4, -0.2) is 70.6 Å². The van der Waals surface area contributed by atoms with Crippen molar-refractivity contribution in [3.8, 4) is 29.0 Å². The van der Waals surface area contributed by atoms with Crippen LogP contribution in [0.3, 0.4) is 0 Å². The molecule has 0 amide bonds. The summed E-state index contributed by atoms with van der Waals surface area (Å²) in [5.41, 5.74) is 6.73. The maximum Gasteiger partial charge on any atom is 0.420 e. The van der Waals surface area contributed by atoms with E-state index in [9.17, 15) is 22.8 Å². The molecule has 5 aromatic rings. The molecule has 8 rings (SSSR count). The largest absolute Gasteiger partial charge is 0.490 e. The van der Waals surface area contributed by atoms with Gasteiger partial charge in [0, 0.05) is 42.1 Å². The number of hydrogen-bond donors (Lipinski definition) is 2. The third-order valence-corrected chi connectivity index (χ3v) is 12.2. The van der Waals surface area contributed by atoms with Crippen LogP contribution in [0.25, 0.3) is 32.1 Å². The normalized spacial score (nSPS) is 20.3. The highest BCUT2D eigenvalue weighted by Crippen LogP contribution is 2.54. The lowest BCUT2D eigenvalue weighted by Crippen LogP contribution is -2.43. The van der Waals surface area contributed by atoms with Crippen molar-refractivity contribution >= 4 is 60.6 Å². The highest BCUT2D eigenvalue weighted by Gasteiger charge is 2.50. The Morgan fingerprint density at radius 1 is 1.12 bits per heavy atom. The number of pyridine rings is 1. The molecule has 0 unspecified atom stereocenters. The van der Waals surface area contributed by atoms with Gasteiger partial charge in [0.25, 0.3) is 0 Å². The lowest BCUT2D eigenvalue weighted by molar-refractivity contribution is -0.138. The molecule has 3 aromatic heterocycles. The topological polar surface area (TPSA) is 139 Å². The van der Waals surface area contributed by atoms with Crippen molar-refractivity contribution in [1.82, 2.24) is 19.9 Å². The zero-order valence-corrected chi connectivity index (χ0v) is 31.4. The Balaban J connectivity index is 1.43. The molecular weight excluding hydrogens is 827 g/mol. The molecule has 0 spiro atoms. The number of halogens is 10. The summed E-state index contributed by atoms with van der Waals surface area (Å²) in [6.45, 7) is -0.543. The van der Waals surface area contributed by atoms with Gasteiger partial charge in [-0.25, -0.2) is 18.2 Å². The summed E-state index contributed by atoms with van der Waals surface area (Å²) in [7, 11) is 0. The third-order valence-electron chi connectivity index (χ3n) is 10.9. The highest BCUT2D eigenvalue weighted by atomic mass is 35.5. The Bertz CT molecular complexity index is 2510. The highest BCUT2D eigenvalue weighted by molar-refractivity contribution is 7.23. The fourth-order valence-electron chi connectivity index (χ4n) is 8.53. The van der Waals surface area contributed by atoms with E-state index >= 15 is 22.0 Å². The van der Waals surface area contributed by atoms with Gasteiger partial charge in [-0.3, -0.25) is 4.90 Å². The molecule has 0 radical (unpaired) electrons. The number of hydrogen-bond acceptors (Lipinski definition) is 11. The first kappa shape index (κ1) is 39.8. The molecule has 3 aliphatic rings. The Hall–Kier alpha value is -5.00. The van der Waals surface area contributed by atoms with Gasteiger partial charge in [0.05, 0.1) is 38.8 Å². The second kappa shape index (κ2) is 14.4. The zero-order valence-electron chi connectivity index (χ0n) is 29.9. The molecule has 2 aromatic carbocycles. The predicted molar refractivity (Wildman–Crippen MR) is 197 cm³/mol. The Kier molecular flexibility index (Phi) is 9.87. The molecular formula is C37H30ClF9N8O2S. The van der Waals surface area contributed by atoms with Crippen LogP contribution < -0.4 is 25.8 Å². The quantitative estimate of drug-likeness (QED) is 0.145. The van der Waals surface area contributed by atoms with Gasteiger partial charge >= 0.3 is 18.4 Å². The molecule has 4 N–H and O–H groups in total. The van der Waals surface area contributed by atoms with Crippen molar-refractivity contribution < 1.29 is 49.0 Å². The molecule has 10 nitrogen and oxygen atoms in total. The fraction of sp³-hybridized carbons (Fsp3) is 0.405. The van der Waals surface area contributed by atoms with Crippen molar-refractivity contribution in [2.45, 2.75) is 62.2 Å². The van der Waals surface area contributed by atoms with Crippen LogP contribution in [0.1, 0.15) is 54.8 Å². The molecule has 21 heteroatoms. The van der Waals surface area contributed by atoms with Gasteiger partial charge in [-0.05, 0) is 43.5 Å². The van der Waals surface area contributed by atoms with Gasteiger partial charge in [-0.2, -0.15) is 41.6 Å². The summed E-state index contributed by atoms with van der Waals surface area (Å²) in [4.78, 5) is 15.8. The van der Waals surface area contributed by atoms with E-state index in [-0.39, 0.29) is 51.1 Å². The average molecular weight is 857 g/mol. The number of anilines is 3. The molecule has 0 aliphatic carbocycles. The van der Waals surface area contributed by atoms with E-state index in [1.54, 1.807) is 6.07 Å². The van der Waals surface area contributed by atoms with Gasteiger partial charge in [-0.1, -0.05) is 17.7 Å². The number of alkyl halides is 7. The van der Waals surface area contributed by atoms with Crippen molar-refractivity contribution in [2.75, 3.05) is 49.2 Å². The number of rotatable bonds is 8. The van der Waals surface area contributed by atoms with E-state index in [0.29, 0.717) is 30.7 Å². The Morgan fingerprint density at radius 3 is 2.62 bits per heavy atom. The SMILES string of the molecule is N#Cc1c(N)sc2c(F)ccc(-c3c(C(F)(F)F)c4c5c(nc(OC[C@@]67CCCN6C[C@H](F)C7)nc5c3F)N([C@H](CCC(F)(F)F)c3cc(Cl)cnc3N)CCO4)c12. The van der Waals surface area contributed by atoms with Gasteiger partial charge in [0.2, 0.25) is 0 Å². The molecule has 2 saturated heterocycles. The van der Waals surface area contributed by atoms with Crippen LogP contribution >= 0.6 is 22.9 Å². The Labute approximate surface area is 332 Å². The van der Waals surface area contributed by atoms with Crippen molar-refractivity contribution in [3.05, 3.63) is 57.7 Å². The first-order chi connectivity index (χ1) is 27.4. The number of aromatic nitrogens is 3. The number of fused-ring (bicyclic) bond motifs is 2. The van der Waals surface area contributed by atoms with Crippen molar-refractivity contribution in [2.24, 2.45) is 0 Å². The first-order valence-electron chi connectivity index (χ1n) is 17.8. The number of nitriles is 1. The number of nitrogens with zero attached hydrogens (tertiary/aromatic N) is 6. The lowest BCUT2D eigenvalue weighted by atomic mass is 9.91.